The van der Waals surface area contributed by atoms with E-state index in [-0.39, 0.29) is 36.1 Å². The van der Waals surface area contributed by atoms with Crippen LogP contribution in [0.1, 0.15) is 5.56 Å². The van der Waals surface area contributed by atoms with Crippen molar-refractivity contribution in [2.24, 2.45) is 0 Å². The summed E-state index contributed by atoms with van der Waals surface area (Å²) in [7, 11) is 0. The number of fused-ring (bicyclic) bond motifs is 1. The molecule has 128 valence electrons. The molecular formula is C15H13ClN6O3. The van der Waals surface area contributed by atoms with Gasteiger partial charge in [0.25, 0.3) is 0 Å². The van der Waals surface area contributed by atoms with Crippen LogP contribution in [0.25, 0.3) is 11.2 Å². The summed E-state index contributed by atoms with van der Waals surface area (Å²) in [6.45, 7) is -0.0298. The van der Waals surface area contributed by atoms with Crippen LogP contribution in [0.5, 0.6) is 0 Å². The van der Waals surface area contributed by atoms with Crippen molar-refractivity contribution in [2.45, 2.75) is 13.2 Å². The van der Waals surface area contributed by atoms with Crippen LogP contribution in [0.2, 0.25) is 0 Å². The van der Waals surface area contributed by atoms with Crippen LogP contribution in [0.15, 0.2) is 36.7 Å². The topological polar surface area (TPSA) is 125 Å². The van der Waals surface area contributed by atoms with Gasteiger partial charge in [0.2, 0.25) is 11.2 Å². The predicted octanol–water partition coefficient (Wildman–Crippen LogP) is 1.92. The van der Waals surface area contributed by atoms with Crippen molar-refractivity contribution in [3.05, 3.63) is 42.2 Å². The Morgan fingerprint density at radius 3 is 2.72 bits per heavy atom. The molecule has 0 spiro atoms. The molecule has 10 heteroatoms. The number of carbonyl (C=O) groups excluding carboxylic acids is 2. The van der Waals surface area contributed by atoms with E-state index in [1.54, 1.807) is 0 Å². The van der Waals surface area contributed by atoms with Crippen molar-refractivity contribution in [1.82, 2.24) is 19.5 Å². The summed E-state index contributed by atoms with van der Waals surface area (Å²) in [6, 6.07) is 9.22. The number of amides is 1. The van der Waals surface area contributed by atoms with E-state index in [0.717, 1.165) is 5.56 Å². The monoisotopic (exact) mass is 360 g/mol. The minimum absolute atomic E-state index is 0.0846. The Morgan fingerprint density at radius 1 is 1.24 bits per heavy atom. The van der Waals surface area contributed by atoms with E-state index in [2.05, 4.69) is 20.3 Å². The van der Waals surface area contributed by atoms with Crippen LogP contribution in [0.4, 0.5) is 16.6 Å². The number of hydrogen-bond acceptors (Lipinski definition) is 7. The quantitative estimate of drug-likeness (QED) is 0.666. The van der Waals surface area contributed by atoms with Crippen LogP contribution < -0.4 is 11.1 Å². The largest absolute Gasteiger partial charge is 0.444 e. The zero-order valence-electron chi connectivity index (χ0n) is 12.8. The molecule has 0 aliphatic rings. The number of benzene rings is 1. The summed E-state index contributed by atoms with van der Waals surface area (Å²) in [5.74, 6) is -0.00374. The number of nitrogens with two attached hydrogens (primary N) is 1. The molecule has 0 bridgehead atoms. The number of carbonyl (C=O) groups is 2. The molecule has 1 amide bonds. The highest BCUT2D eigenvalue weighted by Gasteiger charge is 2.16. The maximum atomic E-state index is 12.0. The lowest BCUT2D eigenvalue weighted by Crippen LogP contribution is -2.16. The molecule has 9 nitrogen and oxygen atoms in total. The van der Waals surface area contributed by atoms with Crippen LogP contribution in [-0.4, -0.2) is 30.9 Å². The molecule has 2 aromatic heterocycles. The maximum Gasteiger partial charge on any atom is 0.413 e. The molecule has 3 rings (SSSR count). The van der Waals surface area contributed by atoms with Gasteiger partial charge in [0.15, 0.2) is 17.0 Å². The Kier molecular flexibility index (Phi) is 4.75. The Balaban J connectivity index is 1.77. The Bertz CT molecular complexity index is 928. The van der Waals surface area contributed by atoms with Crippen LogP contribution in [0.3, 0.4) is 0 Å². The summed E-state index contributed by atoms with van der Waals surface area (Å²) in [4.78, 5) is 35.1. The highest BCUT2D eigenvalue weighted by molar-refractivity contribution is 6.63. The van der Waals surface area contributed by atoms with Gasteiger partial charge >= 0.3 is 6.09 Å². The minimum Gasteiger partial charge on any atom is -0.444 e. The van der Waals surface area contributed by atoms with Gasteiger partial charge in [-0.1, -0.05) is 30.3 Å². The SMILES string of the molecule is Nc1nc(NC(=O)OCc2ccccc2)c2ncn(CC(=O)Cl)c2n1. The molecule has 0 saturated heterocycles. The molecule has 0 fully saturated rings. The standard InChI is InChI=1S/C15H13ClN6O3/c16-10(23)6-22-8-18-11-12(19-14(17)21-13(11)22)20-15(24)25-7-9-4-2-1-3-5-9/h1-5,8H,6-7H2,(H3,17,19,20,21,24). The normalized spacial score (nSPS) is 10.6. The number of halogens is 1. The van der Waals surface area contributed by atoms with Crippen molar-refractivity contribution in [1.29, 1.82) is 0 Å². The van der Waals surface area contributed by atoms with Gasteiger partial charge in [-0.05, 0) is 17.2 Å². The molecule has 2 heterocycles. The van der Waals surface area contributed by atoms with Gasteiger partial charge < -0.3 is 15.0 Å². The van der Waals surface area contributed by atoms with Gasteiger partial charge in [-0.3, -0.25) is 10.1 Å². The summed E-state index contributed by atoms with van der Waals surface area (Å²) in [5, 5.41) is 1.89. The Labute approximate surface area is 146 Å². The molecule has 3 N–H and O–H groups in total. The first kappa shape index (κ1) is 16.7. The van der Waals surface area contributed by atoms with Crippen LogP contribution in [-0.2, 0) is 22.7 Å². The van der Waals surface area contributed by atoms with E-state index in [9.17, 15) is 9.59 Å². The first-order chi connectivity index (χ1) is 12.0. The number of rotatable bonds is 5. The van der Waals surface area contributed by atoms with Crippen LogP contribution in [0, 0.1) is 0 Å². The summed E-state index contributed by atoms with van der Waals surface area (Å²) in [6.07, 6.45) is 0.644. The number of nitrogen functional groups attached to an aromatic ring is 1. The van der Waals surface area contributed by atoms with Crippen LogP contribution >= 0.6 is 11.6 Å². The molecule has 25 heavy (non-hydrogen) atoms. The lowest BCUT2D eigenvalue weighted by Gasteiger charge is -2.08. The van der Waals surface area contributed by atoms with Crippen molar-refractivity contribution >= 4 is 45.9 Å². The number of anilines is 2. The lowest BCUT2D eigenvalue weighted by atomic mass is 10.2. The fourth-order valence-corrected chi connectivity index (χ4v) is 2.28. The highest BCUT2D eigenvalue weighted by atomic mass is 35.5. The third kappa shape index (κ3) is 4.01. The van der Waals surface area contributed by atoms with E-state index in [1.807, 2.05) is 30.3 Å². The summed E-state index contributed by atoms with van der Waals surface area (Å²) in [5.41, 5.74) is 7.04. The van der Waals surface area contributed by atoms with Crippen molar-refractivity contribution in [3.63, 3.8) is 0 Å². The molecule has 0 unspecified atom stereocenters. The lowest BCUT2D eigenvalue weighted by molar-refractivity contribution is -0.112. The summed E-state index contributed by atoms with van der Waals surface area (Å²) >= 11 is 5.38. The van der Waals surface area contributed by atoms with Gasteiger partial charge in [0, 0.05) is 0 Å². The molecule has 1 aromatic carbocycles. The highest BCUT2D eigenvalue weighted by Crippen LogP contribution is 2.20. The fraction of sp³-hybridized carbons (Fsp3) is 0.133. The van der Waals surface area contributed by atoms with Gasteiger partial charge in [-0.2, -0.15) is 9.97 Å². The smallest absolute Gasteiger partial charge is 0.413 e. The van der Waals surface area contributed by atoms with Crippen molar-refractivity contribution < 1.29 is 14.3 Å². The number of imidazole rings is 1. The van der Waals surface area contributed by atoms with E-state index >= 15 is 0 Å². The number of hydrogen-bond donors (Lipinski definition) is 2. The zero-order chi connectivity index (χ0) is 17.8. The Hall–Kier alpha value is -3.20. The van der Waals surface area contributed by atoms with Gasteiger partial charge in [-0.25, -0.2) is 9.78 Å². The average molecular weight is 361 g/mol. The molecule has 0 atom stereocenters. The average Bonchev–Trinajstić information content (AvgIpc) is 2.96. The second-order valence-electron chi connectivity index (χ2n) is 5.02. The third-order valence-electron chi connectivity index (χ3n) is 3.21. The summed E-state index contributed by atoms with van der Waals surface area (Å²) < 4.78 is 6.54. The molecule has 0 saturated carbocycles. The number of nitrogens with one attached hydrogen (secondary N) is 1. The van der Waals surface area contributed by atoms with E-state index < -0.39 is 11.3 Å². The van der Waals surface area contributed by atoms with Crippen molar-refractivity contribution in [3.8, 4) is 0 Å². The van der Waals surface area contributed by atoms with E-state index in [4.69, 9.17) is 22.1 Å². The fourth-order valence-electron chi connectivity index (χ4n) is 2.15. The Morgan fingerprint density at radius 2 is 2.00 bits per heavy atom. The number of nitrogens with zero attached hydrogens (tertiary/aromatic N) is 4. The maximum absolute atomic E-state index is 12.0. The second kappa shape index (κ2) is 7.14. The molecule has 0 aliphatic carbocycles. The molecule has 0 aliphatic heterocycles. The number of ether oxygens (including phenoxy) is 1. The van der Waals surface area contributed by atoms with E-state index in [1.165, 1.54) is 10.9 Å². The van der Waals surface area contributed by atoms with Gasteiger partial charge in [0.05, 0.1) is 12.9 Å². The van der Waals surface area contributed by atoms with Gasteiger partial charge in [-0.15, -0.1) is 0 Å². The zero-order valence-corrected chi connectivity index (χ0v) is 13.6. The molecular weight excluding hydrogens is 348 g/mol. The minimum atomic E-state index is -0.716. The van der Waals surface area contributed by atoms with E-state index in [0.29, 0.717) is 0 Å². The van der Waals surface area contributed by atoms with Gasteiger partial charge in [0.1, 0.15) is 6.61 Å². The number of aromatic nitrogens is 4. The first-order valence-electron chi connectivity index (χ1n) is 7.17. The second-order valence-corrected chi connectivity index (χ2v) is 5.44. The molecule has 0 radical (unpaired) electrons. The van der Waals surface area contributed by atoms with Crippen molar-refractivity contribution in [2.75, 3.05) is 11.1 Å². The first-order valence-corrected chi connectivity index (χ1v) is 7.55. The third-order valence-corrected chi connectivity index (χ3v) is 3.33. The molecule has 3 aromatic rings. The predicted molar refractivity (Wildman–Crippen MR) is 90.8 cm³/mol.